The molecule has 4 rings (SSSR count). The molecule has 1 aliphatic rings. The van der Waals surface area contributed by atoms with Gasteiger partial charge >= 0.3 is 0 Å². The third-order valence-electron chi connectivity index (χ3n) is 6.15. The summed E-state index contributed by atoms with van der Waals surface area (Å²) in [6.07, 6.45) is 5.34. The summed E-state index contributed by atoms with van der Waals surface area (Å²) in [5, 5.41) is 3.08. The lowest BCUT2D eigenvalue weighted by molar-refractivity contribution is 0.0936. The van der Waals surface area contributed by atoms with Crippen LogP contribution in [0.15, 0.2) is 52.3 Å². The molecule has 1 heterocycles. The van der Waals surface area contributed by atoms with Gasteiger partial charge < -0.3 is 10.3 Å². The summed E-state index contributed by atoms with van der Waals surface area (Å²) >= 11 is 0. The summed E-state index contributed by atoms with van der Waals surface area (Å²) in [7, 11) is -2.41. The molecule has 0 bridgehead atoms. The van der Waals surface area contributed by atoms with Gasteiger partial charge in [-0.3, -0.25) is 13.9 Å². The number of aromatic amines is 1. The van der Waals surface area contributed by atoms with Crippen LogP contribution in [0.5, 0.6) is 0 Å². The van der Waals surface area contributed by atoms with Crippen molar-refractivity contribution in [3.05, 3.63) is 69.5 Å². The zero-order valence-electron chi connectivity index (χ0n) is 18.4. The van der Waals surface area contributed by atoms with Crippen LogP contribution in [0, 0.1) is 13.8 Å². The maximum atomic E-state index is 13.3. The maximum absolute atomic E-state index is 13.3. The highest BCUT2D eigenvalue weighted by Crippen LogP contribution is 2.27. The Bertz CT molecular complexity index is 1360. The third kappa shape index (κ3) is 4.02. The van der Waals surface area contributed by atoms with Crippen LogP contribution in [0.3, 0.4) is 0 Å². The number of aryl methyl sites for hydroxylation is 2. The predicted octanol–water partition coefficient (Wildman–Crippen LogP) is 3.64. The minimum absolute atomic E-state index is 0.00717. The van der Waals surface area contributed by atoms with E-state index >= 15 is 0 Å². The number of aromatic nitrogens is 1. The third-order valence-corrected chi connectivity index (χ3v) is 7.92. The highest BCUT2D eigenvalue weighted by molar-refractivity contribution is 7.92. The Morgan fingerprint density at radius 2 is 1.81 bits per heavy atom. The van der Waals surface area contributed by atoms with Crippen LogP contribution in [0.4, 0.5) is 5.69 Å². The van der Waals surface area contributed by atoms with Crippen molar-refractivity contribution in [2.45, 2.75) is 50.5 Å². The molecule has 0 aliphatic heterocycles. The fourth-order valence-electron chi connectivity index (χ4n) is 4.21. The van der Waals surface area contributed by atoms with Crippen molar-refractivity contribution in [2.75, 3.05) is 11.4 Å². The summed E-state index contributed by atoms with van der Waals surface area (Å²) < 4.78 is 27.9. The topological polar surface area (TPSA) is 99.3 Å². The van der Waals surface area contributed by atoms with E-state index in [1.54, 1.807) is 6.07 Å². The second kappa shape index (κ2) is 8.43. The Balaban J connectivity index is 1.73. The highest BCUT2D eigenvalue weighted by atomic mass is 32.2. The van der Waals surface area contributed by atoms with Gasteiger partial charge in [0.2, 0.25) is 5.43 Å². The second-order valence-electron chi connectivity index (χ2n) is 8.46. The molecule has 1 saturated carbocycles. The Morgan fingerprint density at radius 1 is 1.09 bits per heavy atom. The maximum Gasteiger partial charge on any atom is 0.264 e. The minimum atomic E-state index is -3.91. The molecule has 1 aliphatic carbocycles. The van der Waals surface area contributed by atoms with E-state index in [-0.39, 0.29) is 21.9 Å². The van der Waals surface area contributed by atoms with E-state index in [1.807, 2.05) is 32.0 Å². The number of carbonyl (C=O) groups is 1. The van der Waals surface area contributed by atoms with Crippen molar-refractivity contribution in [2.24, 2.45) is 0 Å². The van der Waals surface area contributed by atoms with Crippen LogP contribution in [0.2, 0.25) is 0 Å². The van der Waals surface area contributed by atoms with Gasteiger partial charge in [-0.15, -0.1) is 0 Å². The Morgan fingerprint density at radius 3 is 2.53 bits per heavy atom. The van der Waals surface area contributed by atoms with Crippen molar-refractivity contribution in [3.8, 4) is 0 Å². The molecular weight excluding hydrogens is 426 g/mol. The van der Waals surface area contributed by atoms with Crippen molar-refractivity contribution in [1.82, 2.24) is 10.3 Å². The van der Waals surface area contributed by atoms with Gasteiger partial charge in [-0.05, 0) is 62.1 Å². The van der Waals surface area contributed by atoms with Gasteiger partial charge in [0.1, 0.15) is 5.56 Å². The summed E-state index contributed by atoms with van der Waals surface area (Å²) in [5.41, 5.74) is 2.32. The number of amides is 1. The van der Waals surface area contributed by atoms with Crippen molar-refractivity contribution < 1.29 is 13.2 Å². The molecule has 0 atom stereocenters. The van der Waals surface area contributed by atoms with Crippen LogP contribution in [0.1, 0.15) is 47.2 Å². The molecular formula is C24H27N3O4S. The van der Waals surface area contributed by atoms with E-state index in [0.717, 1.165) is 36.8 Å². The number of benzene rings is 2. The Kier molecular flexibility index (Phi) is 5.81. The molecule has 1 amide bonds. The minimum Gasteiger partial charge on any atom is -0.360 e. The lowest BCUT2D eigenvalue weighted by Gasteiger charge is -2.22. The van der Waals surface area contributed by atoms with E-state index in [9.17, 15) is 18.0 Å². The number of sulfonamides is 1. The zero-order valence-corrected chi connectivity index (χ0v) is 19.3. The van der Waals surface area contributed by atoms with Crippen LogP contribution >= 0.6 is 0 Å². The average molecular weight is 454 g/mol. The molecule has 32 heavy (non-hydrogen) atoms. The number of H-pyrrole nitrogens is 1. The number of hydrogen-bond donors (Lipinski definition) is 2. The first-order valence-electron chi connectivity index (χ1n) is 10.7. The molecule has 0 saturated heterocycles. The van der Waals surface area contributed by atoms with Crippen molar-refractivity contribution in [3.63, 3.8) is 0 Å². The first-order chi connectivity index (χ1) is 15.2. The highest BCUT2D eigenvalue weighted by Gasteiger charge is 2.25. The number of pyridine rings is 1. The summed E-state index contributed by atoms with van der Waals surface area (Å²) in [6, 6.07) is 10.1. The van der Waals surface area contributed by atoms with Gasteiger partial charge in [0.15, 0.2) is 0 Å². The van der Waals surface area contributed by atoms with Crippen LogP contribution < -0.4 is 15.1 Å². The lowest BCUT2D eigenvalue weighted by Crippen LogP contribution is -2.35. The largest absolute Gasteiger partial charge is 0.360 e. The van der Waals surface area contributed by atoms with E-state index in [4.69, 9.17) is 0 Å². The number of rotatable bonds is 5. The van der Waals surface area contributed by atoms with Crippen molar-refractivity contribution >= 4 is 32.5 Å². The fourth-order valence-corrected chi connectivity index (χ4v) is 5.48. The monoisotopic (exact) mass is 453 g/mol. The average Bonchev–Trinajstić information content (AvgIpc) is 3.28. The Hall–Kier alpha value is -3.13. The van der Waals surface area contributed by atoms with Crippen molar-refractivity contribution in [1.29, 1.82) is 0 Å². The number of anilines is 1. The number of hydrogen-bond acceptors (Lipinski definition) is 4. The van der Waals surface area contributed by atoms with E-state index in [2.05, 4.69) is 10.3 Å². The van der Waals surface area contributed by atoms with Crippen LogP contribution in [-0.2, 0) is 10.0 Å². The number of carbonyl (C=O) groups excluding carboxylic acids is 1. The van der Waals surface area contributed by atoms with Crippen LogP contribution in [0.25, 0.3) is 10.9 Å². The molecule has 0 spiro atoms. The molecule has 0 radical (unpaired) electrons. The van der Waals surface area contributed by atoms with E-state index in [0.29, 0.717) is 11.2 Å². The summed E-state index contributed by atoms with van der Waals surface area (Å²) in [6.45, 7) is 3.75. The molecule has 3 aromatic rings. The molecule has 8 heteroatoms. The first-order valence-corrected chi connectivity index (χ1v) is 12.1. The van der Waals surface area contributed by atoms with Gasteiger partial charge in [-0.2, -0.15) is 0 Å². The first kappa shape index (κ1) is 22.1. The van der Waals surface area contributed by atoms with E-state index in [1.165, 1.54) is 29.7 Å². The molecule has 2 N–H and O–H groups in total. The number of fused-ring (bicyclic) bond motifs is 1. The molecule has 0 unspecified atom stereocenters. The van der Waals surface area contributed by atoms with Gasteiger partial charge in [0.05, 0.1) is 10.6 Å². The smallest absolute Gasteiger partial charge is 0.264 e. The SMILES string of the molecule is Cc1ccc(C)c(N(C)S(=O)(=O)c2ccc3[nH]cc(C(=O)NC4CCCC4)c(=O)c3c2)c1. The number of nitrogens with one attached hydrogen (secondary N) is 2. The van der Waals surface area contributed by atoms with Crippen LogP contribution in [-0.4, -0.2) is 32.4 Å². The molecule has 1 fully saturated rings. The standard InChI is InChI=1S/C24H27N3O4S/c1-15-8-9-16(2)22(12-15)27(3)32(30,31)18-10-11-21-19(13-18)23(28)20(14-25-21)24(29)26-17-6-4-5-7-17/h8-14,17H,4-7H2,1-3H3,(H,25,28)(H,26,29). The quantitative estimate of drug-likeness (QED) is 0.616. The van der Waals surface area contributed by atoms with Gasteiger partial charge in [-0.25, -0.2) is 8.42 Å². The van der Waals surface area contributed by atoms with E-state index < -0.39 is 21.4 Å². The molecule has 1 aromatic heterocycles. The predicted molar refractivity (Wildman–Crippen MR) is 126 cm³/mol. The lowest BCUT2D eigenvalue weighted by atomic mass is 10.1. The zero-order chi connectivity index (χ0) is 23.0. The van der Waals surface area contributed by atoms with Gasteiger partial charge in [0.25, 0.3) is 15.9 Å². The summed E-state index contributed by atoms with van der Waals surface area (Å²) in [4.78, 5) is 28.7. The number of nitrogens with zero attached hydrogens (tertiary/aromatic N) is 1. The van der Waals surface area contributed by atoms with Gasteiger partial charge in [-0.1, -0.05) is 25.0 Å². The second-order valence-corrected chi connectivity index (χ2v) is 10.4. The molecule has 7 nitrogen and oxygen atoms in total. The molecule has 2 aromatic carbocycles. The fraction of sp³-hybridized carbons (Fsp3) is 0.333. The van der Waals surface area contributed by atoms with Gasteiger partial charge in [0, 0.05) is 30.2 Å². The summed E-state index contributed by atoms with van der Waals surface area (Å²) in [5.74, 6) is -0.430. The normalized spacial score (nSPS) is 14.6. The molecule has 168 valence electrons. The Labute approximate surface area is 187 Å².